The molecular weight excluding hydrogens is 244 g/mol. The smallest absolute Gasteiger partial charge is 0.112 e. The summed E-state index contributed by atoms with van der Waals surface area (Å²) in [5.74, 6) is 0. The maximum absolute atomic E-state index is 10.4. The van der Waals surface area contributed by atoms with Crippen molar-refractivity contribution in [2.75, 3.05) is 6.61 Å². The molecule has 1 unspecified atom stereocenters. The Hall–Kier alpha value is -0.800. The second-order valence-electron chi connectivity index (χ2n) is 5.23. The number of hydrogen-bond donors (Lipinski definition) is 1. The Morgan fingerprint density at radius 1 is 1.11 bits per heavy atom. The van der Waals surface area contributed by atoms with E-state index in [2.05, 4.69) is 6.07 Å². The van der Waals surface area contributed by atoms with Crippen LogP contribution in [0.4, 0.5) is 0 Å². The lowest BCUT2D eigenvalue weighted by molar-refractivity contribution is 0.172. The van der Waals surface area contributed by atoms with Crippen LogP contribution in [0, 0.1) is 0 Å². The zero-order valence-electron chi connectivity index (χ0n) is 10.7. The first-order chi connectivity index (χ1) is 8.84. The first-order valence-corrected chi connectivity index (χ1v) is 7.76. The Labute approximate surface area is 112 Å². The van der Waals surface area contributed by atoms with Crippen LogP contribution in [0.5, 0.6) is 0 Å². The molecule has 0 bridgehead atoms. The van der Waals surface area contributed by atoms with Crippen LogP contribution in [0.3, 0.4) is 0 Å². The summed E-state index contributed by atoms with van der Waals surface area (Å²) in [6.07, 6.45) is 9.63. The van der Waals surface area contributed by atoms with E-state index in [1.54, 1.807) is 17.6 Å². The third-order valence-electron chi connectivity index (χ3n) is 3.85. The van der Waals surface area contributed by atoms with Gasteiger partial charge in [-0.15, -0.1) is 11.3 Å². The highest BCUT2D eigenvalue weighted by molar-refractivity contribution is 7.12. The van der Waals surface area contributed by atoms with Crippen LogP contribution in [-0.4, -0.2) is 11.7 Å². The number of fused-ring (bicyclic) bond motifs is 1. The highest BCUT2D eigenvalue weighted by Crippen LogP contribution is 2.36. The fraction of sp³-hybridized carbons (Fsp3) is 0.600. The molecule has 18 heavy (non-hydrogen) atoms. The molecule has 0 spiro atoms. The van der Waals surface area contributed by atoms with Gasteiger partial charge in [0.15, 0.2) is 0 Å². The predicted molar refractivity (Wildman–Crippen MR) is 73.8 cm³/mol. The number of rotatable bonds is 2. The van der Waals surface area contributed by atoms with Crippen LogP contribution in [0.1, 0.15) is 53.5 Å². The van der Waals surface area contributed by atoms with Crippen molar-refractivity contribution >= 4 is 11.3 Å². The minimum Gasteiger partial charge on any atom is -0.501 e. The molecule has 1 aromatic heterocycles. The zero-order valence-corrected chi connectivity index (χ0v) is 11.5. The quantitative estimate of drug-likeness (QED) is 0.824. The molecule has 0 saturated heterocycles. The SMILES string of the molecule is OC(C1=COCCC1)c1cc2c(s1)CCCCC2. The number of aliphatic hydroxyl groups excluding tert-OH is 1. The lowest BCUT2D eigenvalue weighted by Gasteiger charge is -2.17. The number of thiophene rings is 1. The van der Waals surface area contributed by atoms with Gasteiger partial charge in [-0.2, -0.15) is 0 Å². The Bertz CT molecular complexity index is 424. The molecule has 0 saturated carbocycles. The normalized spacial score (nSPS) is 21.5. The van der Waals surface area contributed by atoms with Gasteiger partial charge in [-0.1, -0.05) is 6.42 Å². The third kappa shape index (κ3) is 2.47. The monoisotopic (exact) mass is 264 g/mol. The van der Waals surface area contributed by atoms with Crippen LogP contribution in [0.15, 0.2) is 17.9 Å². The van der Waals surface area contributed by atoms with Crippen LogP contribution in [0.2, 0.25) is 0 Å². The van der Waals surface area contributed by atoms with Gasteiger partial charge in [0.1, 0.15) is 6.10 Å². The van der Waals surface area contributed by atoms with E-state index < -0.39 is 6.10 Å². The summed E-state index contributed by atoms with van der Waals surface area (Å²) in [6.45, 7) is 0.789. The van der Waals surface area contributed by atoms with E-state index in [4.69, 9.17) is 4.74 Å². The predicted octanol–water partition coefficient (Wildman–Crippen LogP) is 3.74. The van der Waals surface area contributed by atoms with Crippen molar-refractivity contribution in [3.63, 3.8) is 0 Å². The Morgan fingerprint density at radius 2 is 2.00 bits per heavy atom. The summed E-state index contributed by atoms with van der Waals surface area (Å²) in [7, 11) is 0. The van der Waals surface area contributed by atoms with Gasteiger partial charge in [0, 0.05) is 9.75 Å². The van der Waals surface area contributed by atoms with E-state index in [1.165, 1.54) is 42.5 Å². The number of hydrogen-bond acceptors (Lipinski definition) is 3. The second-order valence-corrected chi connectivity index (χ2v) is 6.40. The number of aliphatic hydroxyl groups is 1. The van der Waals surface area contributed by atoms with Gasteiger partial charge in [-0.25, -0.2) is 0 Å². The molecule has 0 amide bonds. The molecule has 2 nitrogen and oxygen atoms in total. The van der Waals surface area contributed by atoms with E-state index in [1.807, 2.05) is 0 Å². The average molecular weight is 264 g/mol. The maximum atomic E-state index is 10.4. The molecule has 0 radical (unpaired) electrons. The van der Waals surface area contributed by atoms with Gasteiger partial charge in [-0.05, 0) is 55.7 Å². The van der Waals surface area contributed by atoms with Gasteiger partial charge >= 0.3 is 0 Å². The fourth-order valence-corrected chi connectivity index (χ4v) is 4.08. The lowest BCUT2D eigenvalue weighted by Crippen LogP contribution is -2.06. The van der Waals surface area contributed by atoms with Crippen molar-refractivity contribution in [2.45, 2.75) is 51.0 Å². The van der Waals surface area contributed by atoms with Crippen molar-refractivity contribution in [1.82, 2.24) is 0 Å². The molecule has 0 aromatic carbocycles. The van der Waals surface area contributed by atoms with Gasteiger partial charge < -0.3 is 9.84 Å². The highest BCUT2D eigenvalue weighted by atomic mass is 32.1. The molecule has 1 aliphatic heterocycles. The summed E-state index contributed by atoms with van der Waals surface area (Å²) >= 11 is 1.80. The Kier molecular flexibility index (Phi) is 3.71. The summed E-state index contributed by atoms with van der Waals surface area (Å²) < 4.78 is 5.33. The van der Waals surface area contributed by atoms with Gasteiger partial charge in [0.2, 0.25) is 0 Å². The molecule has 1 aromatic rings. The summed E-state index contributed by atoms with van der Waals surface area (Å²) in [5.41, 5.74) is 2.52. The first-order valence-electron chi connectivity index (χ1n) is 6.94. The lowest BCUT2D eigenvalue weighted by atomic mass is 10.0. The minimum absolute atomic E-state index is 0.442. The van der Waals surface area contributed by atoms with Gasteiger partial charge in [-0.3, -0.25) is 0 Å². The Morgan fingerprint density at radius 3 is 2.83 bits per heavy atom. The molecule has 3 rings (SSSR count). The fourth-order valence-electron chi connectivity index (χ4n) is 2.79. The second kappa shape index (κ2) is 5.45. The van der Waals surface area contributed by atoms with Crippen molar-refractivity contribution in [3.8, 4) is 0 Å². The summed E-state index contributed by atoms with van der Waals surface area (Å²) in [4.78, 5) is 2.61. The number of aryl methyl sites for hydroxylation is 2. The van der Waals surface area contributed by atoms with E-state index >= 15 is 0 Å². The van der Waals surface area contributed by atoms with E-state index in [0.717, 1.165) is 29.9 Å². The molecule has 2 aliphatic rings. The maximum Gasteiger partial charge on any atom is 0.112 e. The van der Waals surface area contributed by atoms with E-state index in [9.17, 15) is 5.11 Å². The molecule has 1 aliphatic carbocycles. The topological polar surface area (TPSA) is 29.5 Å². The molecule has 1 N–H and O–H groups in total. The summed E-state index contributed by atoms with van der Waals surface area (Å²) in [5, 5.41) is 10.4. The van der Waals surface area contributed by atoms with Gasteiger partial charge in [0.05, 0.1) is 12.9 Å². The van der Waals surface area contributed by atoms with Crippen LogP contribution < -0.4 is 0 Å². The first kappa shape index (κ1) is 12.2. The van der Waals surface area contributed by atoms with Crippen LogP contribution in [0.25, 0.3) is 0 Å². The van der Waals surface area contributed by atoms with Crippen molar-refractivity contribution in [2.24, 2.45) is 0 Å². The zero-order chi connectivity index (χ0) is 12.4. The van der Waals surface area contributed by atoms with Crippen LogP contribution in [-0.2, 0) is 17.6 Å². The van der Waals surface area contributed by atoms with Crippen LogP contribution >= 0.6 is 11.3 Å². The molecule has 98 valence electrons. The largest absolute Gasteiger partial charge is 0.501 e. The van der Waals surface area contributed by atoms with Gasteiger partial charge in [0.25, 0.3) is 0 Å². The highest BCUT2D eigenvalue weighted by Gasteiger charge is 2.21. The van der Waals surface area contributed by atoms with Crippen molar-refractivity contribution < 1.29 is 9.84 Å². The standard InChI is InChI=1S/C15H20O2S/c16-15(12-6-4-8-17-10-12)14-9-11-5-2-1-3-7-13(11)18-14/h9-10,15-16H,1-8H2. The molecule has 3 heteroatoms. The molecule has 0 fully saturated rings. The van der Waals surface area contributed by atoms with E-state index in [-0.39, 0.29) is 0 Å². The summed E-state index contributed by atoms with van der Waals surface area (Å²) in [6, 6.07) is 2.23. The molecule has 2 heterocycles. The van der Waals surface area contributed by atoms with Crippen molar-refractivity contribution in [1.29, 1.82) is 0 Å². The van der Waals surface area contributed by atoms with E-state index in [0.29, 0.717) is 0 Å². The Balaban J connectivity index is 1.81. The molecule has 1 atom stereocenters. The number of ether oxygens (including phenoxy) is 1. The average Bonchev–Trinajstić information content (AvgIpc) is 2.70. The minimum atomic E-state index is -0.442. The molecular formula is C15H20O2S. The van der Waals surface area contributed by atoms with Crippen molar-refractivity contribution in [3.05, 3.63) is 33.2 Å². The third-order valence-corrected chi connectivity index (χ3v) is 5.14.